The molecule has 1 aromatic carbocycles. The molecule has 9 heteroatoms. The summed E-state index contributed by atoms with van der Waals surface area (Å²) in [6.45, 7) is 3.43. The van der Waals surface area contributed by atoms with E-state index in [4.69, 9.17) is 4.74 Å². The fourth-order valence-corrected chi connectivity index (χ4v) is 3.09. The molecule has 0 fully saturated rings. The lowest BCUT2D eigenvalue weighted by Gasteiger charge is -2.26. The molecular formula is C20H27N7O2. The summed E-state index contributed by atoms with van der Waals surface area (Å²) in [5.74, 6) is 1.91. The van der Waals surface area contributed by atoms with Crippen molar-refractivity contribution < 1.29 is 9.53 Å². The SMILES string of the molecule is CNc1cc(C)nc(Nc2ccc(OC)c(NNC3=C(C=O)CN(C)CC3)c2)n1. The van der Waals surface area contributed by atoms with Crippen LogP contribution in [0.3, 0.4) is 0 Å². The summed E-state index contributed by atoms with van der Waals surface area (Å²) in [7, 11) is 5.43. The van der Waals surface area contributed by atoms with Crippen LogP contribution in [-0.2, 0) is 4.79 Å². The van der Waals surface area contributed by atoms with Crippen molar-refractivity contribution >= 4 is 29.4 Å². The zero-order valence-electron chi connectivity index (χ0n) is 17.2. The molecule has 0 atom stereocenters. The molecule has 1 aromatic heterocycles. The van der Waals surface area contributed by atoms with Gasteiger partial charge in [-0.3, -0.25) is 10.2 Å². The lowest BCUT2D eigenvalue weighted by atomic mass is 10.1. The Morgan fingerprint density at radius 3 is 2.76 bits per heavy atom. The van der Waals surface area contributed by atoms with Gasteiger partial charge in [-0.15, -0.1) is 0 Å². The summed E-state index contributed by atoms with van der Waals surface area (Å²) < 4.78 is 5.45. The molecule has 0 radical (unpaired) electrons. The molecule has 0 saturated heterocycles. The van der Waals surface area contributed by atoms with Crippen LogP contribution in [0.25, 0.3) is 0 Å². The minimum absolute atomic E-state index is 0.500. The number of rotatable bonds is 8. The van der Waals surface area contributed by atoms with Crippen molar-refractivity contribution in [2.75, 3.05) is 50.4 Å². The molecule has 29 heavy (non-hydrogen) atoms. The minimum Gasteiger partial charge on any atom is -0.495 e. The van der Waals surface area contributed by atoms with Crippen molar-refractivity contribution in [2.24, 2.45) is 0 Å². The van der Waals surface area contributed by atoms with Crippen molar-refractivity contribution in [1.82, 2.24) is 20.3 Å². The van der Waals surface area contributed by atoms with E-state index < -0.39 is 0 Å². The van der Waals surface area contributed by atoms with E-state index in [9.17, 15) is 4.79 Å². The number of aryl methyl sites for hydroxylation is 1. The Morgan fingerprint density at radius 2 is 2.03 bits per heavy atom. The number of anilines is 4. The highest BCUT2D eigenvalue weighted by Gasteiger charge is 2.16. The fraction of sp³-hybridized carbons (Fsp3) is 0.350. The van der Waals surface area contributed by atoms with E-state index in [1.165, 1.54) is 0 Å². The van der Waals surface area contributed by atoms with Crippen molar-refractivity contribution in [3.8, 4) is 5.75 Å². The smallest absolute Gasteiger partial charge is 0.229 e. The number of likely N-dealkylation sites (N-methyl/N-ethyl adjacent to an activating group) is 1. The van der Waals surface area contributed by atoms with Gasteiger partial charge in [-0.05, 0) is 32.2 Å². The maximum Gasteiger partial charge on any atom is 0.229 e. The van der Waals surface area contributed by atoms with Crippen LogP contribution in [0.1, 0.15) is 12.1 Å². The molecule has 0 bridgehead atoms. The highest BCUT2D eigenvalue weighted by Crippen LogP contribution is 2.29. The van der Waals surface area contributed by atoms with E-state index in [0.717, 1.165) is 53.4 Å². The molecule has 0 unspecified atom stereocenters. The van der Waals surface area contributed by atoms with Gasteiger partial charge in [0.15, 0.2) is 0 Å². The topological polar surface area (TPSA) is 103 Å². The average Bonchev–Trinajstić information content (AvgIpc) is 2.72. The number of nitrogens with one attached hydrogen (secondary N) is 4. The quantitative estimate of drug-likeness (QED) is 0.394. The van der Waals surface area contributed by atoms with Crippen molar-refractivity contribution in [2.45, 2.75) is 13.3 Å². The summed E-state index contributed by atoms with van der Waals surface area (Å²) in [5.41, 5.74) is 10.4. The number of hydrogen-bond donors (Lipinski definition) is 4. The first-order valence-corrected chi connectivity index (χ1v) is 9.38. The Balaban J connectivity index is 1.79. The van der Waals surface area contributed by atoms with Crippen molar-refractivity contribution in [3.63, 3.8) is 0 Å². The highest BCUT2D eigenvalue weighted by molar-refractivity contribution is 5.75. The largest absolute Gasteiger partial charge is 0.495 e. The number of benzene rings is 1. The van der Waals surface area contributed by atoms with Crippen LogP contribution in [0, 0.1) is 6.92 Å². The van der Waals surface area contributed by atoms with Gasteiger partial charge in [-0.2, -0.15) is 4.98 Å². The zero-order chi connectivity index (χ0) is 20.8. The maximum atomic E-state index is 11.4. The van der Waals surface area contributed by atoms with Gasteiger partial charge in [-0.1, -0.05) is 0 Å². The first kappa shape index (κ1) is 20.4. The normalized spacial score (nSPS) is 14.3. The highest BCUT2D eigenvalue weighted by atomic mass is 16.5. The predicted octanol–water partition coefficient (Wildman–Crippen LogP) is 2.28. The molecule has 1 aliphatic rings. The van der Waals surface area contributed by atoms with Gasteiger partial charge < -0.3 is 25.7 Å². The molecule has 0 spiro atoms. The molecule has 4 N–H and O–H groups in total. The molecule has 2 heterocycles. The van der Waals surface area contributed by atoms with Gasteiger partial charge in [0.05, 0.1) is 12.8 Å². The van der Waals surface area contributed by atoms with Crippen LogP contribution < -0.4 is 26.2 Å². The van der Waals surface area contributed by atoms with E-state index in [1.54, 1.807) is 7.11 Å². The molecule has 154 valence electrons. The standard InChI is InChI=1S/C20H27N7O2/c1-13-9-19(21-2)24-20(22-13)23-15-5-6-18(29-4)17(10-15)26-25-16-7-8-27(3)11-14(16)12-28/h5-6,9-10,12,25-26H,7-8,11H2,1-4H3,(H2,21,22,23,24). The third-order valence-electron chi connectivity index (χ3n) is 4.63. The Kier molecular flexibility index (Phi) is 6.50. The van der Waals surface area contributed by atoms with Gasteiger partial charge >= 0.3 is 0 Å². The zero-order valence-corrected chi connectivity index (χ0v) is 17.2. The lowest BCUT2D eigenvalue weighted by molar-refractivity contribution is -0.105. The second-order valence-electron chi connectivity index (χ2n) is 6.87. The second kappa shape index (κ2) is 9.24. The number of carbonyl (C=O) groups excluding carboxylic acids is 1. The number of nitrogens with zero attached hydrogens (tertiary/aromatic N) is 3. The van der Waals surface area contributed by atoms with Crippen LogP contribution in [0.2, 0.25) is 0 Å². The number of carbonyl (C=O) groups is 1. The molecular weight excluding hydrogens is 370 g/mol. The Hall–Kier alpha value is -3.33. The van der Waals surface area contributed by atoms with E-state index in [1.807, 2.05) is 45.3 Å². The van der Waals surface area contributed by atoms with Crippen molar-refractivity contribution in [3.05, 3.63) is 41.2 Å². The fourth-order valence-electron chi connectivity index (χ4n) is 3.09. The van der Waals surface area contributed by atoms with Crippen LogP contribution in [0.15, 0.2) is 35.5 Å². The third kappa shape index (κ3) is 5.14. The summed E-state index contributed by atoms with van der Waals surface area (Å²) in [4.78, 5) is 22.3. The van der Waals surface area contributed by atoms with E-state index >= 15 is 0 Å². The van der Waals surface area contributed by atoms with Crippen molar-refractivity contribution in [1.29, 1.82) is 0 Å². The van der Waals surface area contributed by atoms with Gasteiger partial charge in [0, 0.05) is 55.3 Å². The number of hydrazine groups is 1. The Labute approximate surface area is 170 Å². The number of methoxy groups -OCH3 is 1. The van der Waals surface area contributed by atoms with E-state index in [0.29, 0.717) is 18.2 Å². The first-order valence-electron chi connectivity index (χ1n) is 9.38. The second-order valence-corrected chi connectivity index (χ2v) is 6.87. The average molecular weight is 397 g/mol. The minimum atomic E-state index is 0.500. The monoisotopic (exact) mass is 397 g/mol. The number of aldehydes is 1. The number of hydrogen-bond acceptors (Lipinski definition) is 9. The Bertz CT molecular complexity index is 914. The van der Waals surface area contributed by atoms with Crippen LogP contribution in [0.5, 0.6) is 5.75 Å². The van der Waals surface area contributed by atoms with Gasteiger partial charge in [0.25, 0.3) is 0 Å². The summed E-state index contributed by atoms with van der Waals surface area (Å²) >= 11 is 0. The van der Waals surface area contributed by atoms with E-state index in [2.05, 4.69) is 36.4 Å². The molecule has 1 aliphatic heterocycles. The molecule has 3 rings (SSSR count). The predicted molar refractivity (Wildman–Crippen MR) is 115 cm³/mol. The number of aromatic nitrogens is 2. The molecule has 0 saturated carbocycles. The van der Waals surface area contributed by atoms with Crippen LogP contribution in [0.4, 0.5) is 23.1 Å². The number of ether oxygens (including phenoxy) is 1. The molecule has 9 nitrogen and oxygen atoms in total. The first-order chi connectivity index (χ1) is 14.0. The summed E-state index contributed by atoms with van der Waals surface area (Å²) in [5, 5.41) is 6.24. The van der Waals surface area contributed by atoms with Gasteiger partial charge in [0.1, 0.15) is 17.9 Å². The maximum absolute atomic E-state index is 11.4. The lowest BCUT2D eigenvalue weighted by Crippen LogP contribution is -2.34. The molecule has 0 amide bonds. The third-order valence-corrected chi connectivity index (χ3v) is 4.63. The van der Waals surface area contributed by atoms with Crippen LogP contribution in [-0.4, -0.2) is 55.4 Å². The van der Waals surface area contributed by atoms with Gasteiger partial charge in [0.2, 0.25) is 5.95 Å². The van der Waals surface area contributed by atoms with E-state index in [-0.39, 0.29) is 0 Å². The summed E-state index contributed by atoms with van der Waals surface area (Å²) in [6, 6.07) is 7.51. The van der Waals surface area contributed by atoms with Crippen LogP contribution >= 0.6 is 0 Å². The van der Waals surface area contributed by atoms with Gasteiger partial charge in [-0.25, -0.2) is 4.98 Å². The Morgan fingerprint density at radius 1 is 1.21 bits per heavy atom. The summed E-state index contributed by atoms with van der Waals surface area (Å²) in [6.07, 6.45) is 1.67. The molecule has 2 aromatic rings. The molecule has 0 aliphatic carbocycles.